The van der Waals surface area contributed by atoms with Crippen LogP contribution in [0.4, 0.5) is 0 Å². The largest absolute Gasteiger partial charge is 0.476 e. The molecule has 2 atom stereocenters. The summed E-state index contributed by atoms with van der Waals surface area (Å²) in [6, 6.07) is 0.747. The molecule has 1 fully saturated rings. The Labute approximate surface area is 103 Å². The molecule has 1 aliphatic rings. The SMILES string of the molecule is O=C(O)c1cc(C(=O)N[C@H]2CCCC[C@@H]2O)on1. The number of aliphatic hydroxyl groups is 1. The van der Waals surface area contributed by atoms with E-state index in [1.807, 2.05) is 0 Å². The molecule has 1 saturated carbocycles. The van der Waals surface area contributed by atoms with Crippen molar-refractivity contribution in [2.75, 3.05) is 0 Å². The van der Waals surface area contributed by atoms with E-state index in [-0.39, 0.29) is 17.5 Å². The van der Waals surface area contributed by atoms with Crippen molar-refractivity contribution in [3.63, 3.8) is 0 Å². The molecule has 1 aliphatic carbocycles. The van der Waals surface area contributed by atoms with Crippen LogP contribution in [0.25, 0.3) is 0 Å². The van der Waals surface area contributed by atoms with Gasteiger partial charge in [-0.05, 0) is 12.8 Å². The topological polar surface area (TPSA) is 113 Å². The quantitative estimate of drug-likeness (QED) is 0.720. The Hall–Kier alpha value is -1.89. The van der Waals surface area contributed by atoms with E-state index < -0.39 is 18.0 Å². The summed E-state index contributed by atoms with van der Waals surface area (Å²) in [5.74, 6) is -1.97. The fraction of sp³-hybridized carbons (Fsp3) is 0.545. The van der Waals surface area contributed by atoms with Crippen molar-refractivity contribution < 1.29 is 24.3 Å². The fourth-order valence-corrected chi connectivity index (χ4v) is 2.00. The van der Waals surface area contributed by atoms with Crippen LogP contribution < -0.4 is 5.32 Å². The first kappa shape index (κ1) is 12.6. The Balaban J connectivity index is 2.00. The number of aromatic carboxylic acids is 1. The Morgan fingerprint density at radius 1 is 1.39 bits per heavy atom. The minimum atomic E-state index is -1.25. The van der Waals surface area contributed by atoms with Gasteiger partial charge in [-0.3, -0.25) is 4.79 Å². The van der Waals surface area contributed by atoms with Gasteiger partial charge in [0.25, 0.3) is 5.91 Å². The van der Waals surface area contributed by atoms with E-state index in [0.29, 0.717) is 12.8 Å². The molecular formula is C11H14N2O5. The van der Waals surface area contributed by atoms with Crippen LogP contribution in [0.1, 0.15) is 46.7 Å². The second kappa shape index (κ2) is 5.18. The van der Waals surface area contributed by atoms with E-state index in [0.717, 1.165) is 18.9 Å². The maximum absolute atomic E-state index is 11.7. The Morgan fingerprint density at radius 3 is 2.72 bits per heavy atom. The first-order valence-corrected chi connectivity index (χ1v) is 5.77. The lowest BCUT2D eigenvalue weighted by Crippen LogP contribution is -2.44. The van der Waals surface area contributed by atoms with E-state index in [1.165, 1.54) is 0 Å². The summed E-state index contributed by atoms with van der Waals surface area (Å²) in [4.78, 5) is 22.3. The molecular weight excluding hydrogens is 240 g/mol. The number of carboxylic acids is 1. The minimum Gasteiger partial charge on any atom is -0.476 e. The number of amides is 1. The monoisotopic (exact) mass is 254 g/mol. The van der Waals surface area contributed by atoms with Crippen LogP contribution in [0, 0.1) is 0 Å². The summed E-state index contributed by atoms with van der Waals surface area (Å²) in [7, 11) is 0. The number of nitrogens with zero attached hydrogens (tertiary/aromatic N) is 1. The second-order valence-corrected chi connectivity index (χ2v) is 4.31. The van der Waals surface area contributed by atoms with Gasteiger partial charge in [-0.2, -0.15) is 0 Å². The molecule has 1 amide bonds. The molecule has 2 rings (SSSR count). The van der Waals surface area contributed by atoms with Crippen molar-refractivity contribution in [3.8, 4) is 0 Å². The van der Waals surface area contributed by atoms with Crippen LogP contribution in [-0.2, 0) is 0 Å². The molecule has 0 bridgehead atoms. The molecule has 0 spiro atoms. The van der Waals surface area contributed by atoms with Crippen molar-refractivity contribution in [1.29, 1.82) is 0 Å². The normalized spacial score (nSPS) is 23.6. The number of hydrogen-bond acceptors (Lipinski definition) is 5. The van der Waals surface area contributed by atoms with Gasteiger partial charge in [0.15, 0.2) is 5.69 Å². The van der Waals surface area contributed by atoms with Crippen LogP contribution >= 0.6 is 0 Å². The van der Waals surface area contributed by atoms with E-state index in [1.54, 1.807) is 0 Å². The first-order valence-electron chi connectivity index (χ1n) is 5.77. The molecule has 98 valence electrons. The number of carbonyl (C=O) groups is 2. The lowest BCUT2D eigenvalue weighted by Gasteiger charge is -2.27. The van der Waals surface area contributed by atoms with Gasteiger partial charge in [-0.25, -0.2) is 4.79 Å². The second-order valence-electron chi connectivity index (χ2n) is 4.31. The van der Waals surface area contributed by atoms with Crippen LogP contribution in [0.3, 0.4) is 0 Å². The Morgan fingerprint density at radius 2 is 2.11 bits per heavy atom. The third kappa shape index (κ3) is 2.67. The molecule has 0 radical (unpaired) electrons. The number of rotatable bonds is 3. The lowest BCUT2D eigenvalue weighted by atomic mass is 9.92. The zero-order chi connectivity index (χ0) is 13.1. The molecule has 7 heteroatoms. The van der Waals surface area contributed by atoms with Crippen molar-refractivity contribution in [1.82, 2.24) is 10.5 Å². The van der Waals surface area contributed by atoms with Crippen LogP contribution in [0.5, 0.6) is 0 Å². The van der Waals surface area contributed by atoms with Gasteiger partial charge in [0.05, 0.1) is 12.1 Å². The van der Waals surface area contributed by atoms with Gasteiger partial charge in [0.2, 0.25) is 5.76 Å². The third-order valence-electron chi connectivity index (χ3n) is 3.00. The van der Waals surface area contributed by atoms with Crippen molar-refractivity contribution in [3.05, 3.63) is 17.5 Å². The molecule has 0 saturated heterocycles. The number of aliphatic hydroxyl groups excluding tert-OH is 1. The molecule has 18 heavy (non-hydrogen) atoms. The molecule has 1 aromatic heterocycles. The number of hydrogen-bond donors (Lipinski definition) is 3. The highest BCUT2D eigenvalue weighted by atomic mass is 16.5. The number of nitrogens with one attached hydrogen (secondary N) is 1. The van der Waals surface area contributed by atoms with Gasteiger partial charge in [-0.1, -0.05) is 18.0 Å². The average Bonchev–Trinajstić information content (AvgIpc) is 2.81. The number of carboxylic acid groups (broad SMARTS) is 1. The highest BCUT2D eigenvalue weighted by Gasteiger charge is 2.26. The highest BCUT2D eigenvalue weighted by molar-refractivity contribution is 5.94. The summed E-state index contributed by atoms with van der Waals surface area (Å²) in [6.45, 7) is 0. The molecule has 0 unspecified atom stereocenters. The fourth-order valence-electron chi connectivity index (χ4n) is 2.00. The minimum absolute atomic E-state index is 0.162. The average molecular weight is 254 g/mol. The van der Waals surface area contributed by atoms with Crippen LogP contribution in [0.15, 0.2) is 10.6 Å². The molecule has 1 aromatic rings. The summed E-state index contributed by atoms with van der Waals surface area (Å²) < 4.78 is 4.64. The maximum atomic E-state index is 11.7. The van der Waals surface area contributed by atoms with Gasteiger partial charge >= 0.3 is 5.97 Å². The van der Waals surface area contributed by atoms with Gasteiger partial charge in [0, 0.05) is 6.07 Å². The Kier molecular flexibility index (Phi) is 3.61. The van der Waals surface area contributed by atoms with Crippen LogP contribution in [-0.4, -0.2) is 39.4 Å². The van der Waals surface area contributed by atoms with E-state index in [4.69, 9.17) is 5.11 Å². The van der Waals surface area contributed by atoms with E-state index in [2.05, 4.69) is 15.0 Å². The Bertz CT molecular complexity index is 456. The lowest BCUT2D eigenvalue weighted by molar-refractivity contribution is 0.0676. The van der Waals surface area contributed by atoms with E-state index in [9.17, 15) is 14.7 Å². The summed E-state index contributed by atoms with van der Waals surface area (Å²) in [5.41, 5.74) is -0.315. The smallest absolute Gasteiger partial charge is 0.358 e. The van der Waals surface area contributed by atoms with Gasteiger partial charge in [-0.15, -0.1) is 0 Å². The summed E-state index contributed by atoms with van der Waals surface area (Å²) >= 11 is 0. The maximum Gasteiger partial charge on any atom is 0.358 e. The van der Waals surface area contributed by atoms with Crippen LogP contribution in [0.2, 0.25) is 0 Å². The van der Waals surface area contributed by atoms with Crippen molar-refractivity contribution in [2.24, 2.45) is 0 Å². The van der Waals surface area contributed by atoms with Gasteiger partial charge in [0.1, 0.15) is 0 Å². The summed E-state index contributed by atoms with van der Waals surface area (Å²) in [6.07, 6.45) is 2.68. The molecule has 0 aliphatic heterocycles. The third-order valence-corrected chi connectivity index (χ3v) is 3.00. The molecule has 0 aromatic carbocycles. The standard InChI is InChI=1S/C11H14N2O5/c14-8-4-2-1-3-6(8)12-10(15)9-5-7(11(16)17)13-18-9/h5-6,8,14H,1-4H2,(H,12,15)(H,16,17)/t6-,8-/m0/s1. The zero-order valence-corrected chi connectivity index (χ0v) is 9.63. The molecule has 1 heterocycles. The number of aromatic nitrogens is 1. The molecule has 7 nitrogen and oxygen atoms in total. The molecule has 3 N–H and O–H groups in total. The van der Waals surface area contributed by atoms with Gasteiger partial charge < -0.3 is 20.1 Å². The van der Waals surface area contributed by atoms with Crippen molar-refractivity contribution in [2.45, 2.75) is 37.8 Å². The highest BCUT2D eigenvalue weighted by Crippen LogP contribution is 2.18. The zero-order valence-electron chi connectivity index (χ0n) is 9.63. The first-order chi connectivity index (χ1) is 8.58. The summed E-state index contributed by atoms with van der Waals surface area (Å²) in [5, 5.41) is 24.2. The predicted octanol–water partition coefficient (Wildman–Crippen LogP) is 0.406. The van der Waals surface area contributed by atoms with E-state index >= 15 is 0 Å². The predicted molar refractivity (Wildman–Crippen MR) is 59.2 cm³/mol. The van der Waals surface area contributed by atoms with Crippen molar-refractivity contribution >= 4 is 11.9 Å². The number of carbonyl (C=O) groups excluding carboxylic acids is 1.